The molecule has 0 radical (unpaired) electrons. The van der Waals surface area contributed by atoms with E-state index < -0.39 is 18.1 Å². The first-order chi connectivity index (χ1) is 14.6. The van der Waals surface area contributed by atoms with Crippen molar-refractivity contribution in [2.45, 2.75) is 19.1 Å². The molecule has 0 spiro atoms. The van der Waals surface area contributed by atoms with Crippen molar-refractivity contribution in [2.24, 2.45) is 0 Å². The summed E-state index contributed by atoms with van der Waals surface area (Å²) in [6, 6.07) is 15.8. The van der Waals surface area contributed by atoms with E-state index in [0.29, 0.717) is 5.69 Å². The standard InChI is InChI=1S/C22H23N3O5/c1-28-19-10-8-18(9-11-19)25-13-17(23-15-25)12-20(21(26)29-2)24-22(27)30-14-16-6-4-3-5-7-16/h3-11,13,15,20H,12,14H2,1-2H3,(H,24,27)/t20-/m0/s1. The number of aromatic nitrogens is 2. The van der Waals surface area contributed by atoms with Crippen molar-refractivity contribution in [1.82, 2.24) is 14.9 Å². The second-order valence-electron chi connectivity index (χ2n) is 6.46. The first-order valence-corrected chi connectivity index (χ1v) is 9.31. The van der Waals surface area contributed by atoms with Gasteiger partial charge in [-0.05, 0) is 29.8 Å². The molecule has 1 atom stereocenters. The Balaban J connectivity index is 1.62. The Morgan fingerprint density at radius 1 is 1.07 bits per heavy atom. The maximum atomic E-state index is 12.1. The molecule has 8 heteroatoms. The molecular formula is C22H23N3O5. The summed E-state index contributed by atoms with van der Waals surface area (Å²) < 4.78 is 17.0. The number of alkyl carbamates (subject to hydrolysis) is 1. The fourth-order valence-corrected chi connectivity index (χ4v) is 2.82. The van der Waals surface area contributed by atoms with E-state index in [4.69, 9.17) is 14.2 Å². The number of esters is 1. The summed E-state index contributed by atoms with van der Waals surface area (Å²) in [4.78, 5) is 28.6. The van der Waals surface area contributed by atoms with E-state index in [1.807, 2.05) is 59.2 Å². The van der Waals surface area contributed by atoms with E-state index in [1.54, 1.807) is 19.6 Å². The van der Waals surface area contributed by atoms with Crippen molar-refractivity contribution in [3.8, 4) is 11.4 Å². The number of ether oxygens (including phenoxy) is 3. The van der Waals surface area contributed by atoms with Crippen molar-refractivity contribution in [3.63, 3.8) is 0 Å². The maximum absolute atomic E-state index is 12.1. The van der Waals surface area contributed by atoms with Gasteiger partial charge in [-0.3, -0.25) is 0 Å². The van der Waals surface area contributed by atoms with Crippen molar-refractivity contribution in [2.75, 3.05) is 14.2 Å². The molecule has 8 nitrogen and oxygen atoms in total. The number of nitrogens with zero attached hydrogens (tertiary/aromatic N) is 2. The Morgan fingerprint density at radius 3 is 2.47 bits per heavy atom. The summed E-state index contributed by atoms with van der Waals surface area (Å²) in [6.45, 7) is 0.104. The zero-order chi connectivity index (χ0) is 21.3. The molecule has 3 aromatic rings. The van der Waals surface area contributed by atoms with Gasteiger partial charge in [-0.15, -0.1) is 0 Å². The van der Waals surface area contributed by atoms with Gasteiger partial charge in [0, 0.05) is 18.3 Å². The van der Waals surface area contributed by atoms with E-state index in [1.165, 1.54) is 7.11 Å². The van der Waals surface area contributed by atoms with Crippen molar-refractivity contribution in [3.05, 3.63) is 78.4 Å². The van der Waals surface area contributed by atoms with Gasteiger partial charge in [-0.25, -0.2) is 14.6 Å². The summed E-state index contributed by atoms with van der Waals surface area (Å²) in [5, 5.41) is 2.55. The molecule has 1 amide bonds. The van der Waals surface area contributed by atoms with Crippen LogP contribution in [0, 0.1) is 0 Å². The van der Waals surface area contributed by atoms with Crippen molar-refractivity contribution >= 4 is 12.1 Å². The fourth-order valence-electron chi connectivity index (χ4n) is 2.82. The fraction of sp³-hybridized carbons (Fsp3) is 0.227. The normalized spacial score (nSPS) is 11.4. The average Bonchev–Trinajstić information content (AvgIpc) is 3.26. The molecule has 1 N–H and O–H groups in total. The van der Waals surface area contributed by atoms with Gasteiger partial charge < -0.3 is 24.1 Å². The predicted octanol–water partition coefficient (Wildman–Crippen LogP) is 2.89. The van der Waals surface area contributed by atoms with Crippen LogP contribution in [0.3, 0.4) is 0 Å². The average molecular weight is 409 g/mol. The van der Waals surface area contributed by atoms with Gasteiger partial charge in [-0.1, -0.05) is 30.3 Å². The first-order valence-electron chi connectivity index (χ1n) is 9.31. The van der Waals surface area contributed by atoms with Gasteiger partial charge in [0.05, 0.1) is 26.2 Å². The molecule has 1 aromatic heterocycles. The third-order valence-electron chi connectivity index (χ3n) is 4.41. The number of hydrogen-bond acceptors (Lipinski definition) is 6. The molecule has 1 heterocycles. The van der Waals surface area contributed by atoms with Crippen LogP contribution in [-0.2, 0) is 27.3 Å². The lowest BCUT2D eigenvalue weighted by Crippen LogP contribution is -2.43. The molecule has 0 unspecified atom stereocenters. The number of imidazole rings is 1. The second-order valence-corrected chi connectivity index (χ2v) is 6.46. The number of benzene rings is 2. The summed E-state index contributed by atoms with van der Waals surface area (Å²) >= 11 is 0. The highest BCUT2D eigenvalue weighted by Gasteiger charge is 2.24. The molecule has 2 aromatic carbocycles. The Morgan fingerprint density at radius 2 is 1.80 bits per heavy atom. The number of hydrogen-bond donors (Lipinski definition) is 1. The lowest BCUT2D eigenvalue weighted by Gasteiger charge is -2.15. The number of nitrogens with one attached hydrogen (secondary N) is 1. The van der Waals surface area contributed by atoms with Crippen LogP contribution in [0.15, 0.2) is 67.1 Å². The van der Waals surface area contributed by atoms with E-state index in [-0.39, 0.29) is 13.0 Å². The minimum Gasteiger partial charge on any atom is -0.497 e. The van der Waals surface area contributed by atoms with Crippen molar-refractivity contribution in [1.29, 1.82) is 0 Å². The molecule has 3 rings (SSSR count). The van der Waals surface area contributed by atoms with Crippen LogP contribution in [-0.4, -0.2) is 41.9 Å². The molecule has 30 heavy (non-hydrogen) atoms. The van der Waals surface area contributed by atoms with E-state index in [2.05, 4.69) is 10.3 Å². The molecule has 0 bridgehead atoms. The van der Waals surface area contributed by atoms with Crippen LogP contribution in [0.2, 0.25) is 0 Å². The SMILES string of the molecule is COC(=O)[C@H](Cc1cn(-c2ccc(OC)cc2)cn1)NC(=O)OCc1ccccc1. The lowest BCUT2D eigenvalue weighted by atomic mass is 10.1. The summed E-state index contributed by atoms with van der Waals surface area (Å²) in [6.07, 6.45) is 2.88. The summed E-state index contributed by atoms with van der Waals surface area (Å²) in [7, 11) is 2.87. The van der Waals surface area contributed by atoms with Gasteiger partial charge in [0.2, 0.25) is 0 Å². The zero-order valence-corrected chi connectivity index (χ0v) is 16.8. The van der Waals surface area contributed by atoms with Crippen LogP contribution in [0.5, 0.6) is 5.75 Å². The van der Waals surface area contributed by atoms with Crippen LogP contribution >= 0.6 is 0 Å². The number of carbonyl (C=O) groups excluding carboxylic acids is 2. The molecule has 0 aliphatic heterocycles. The molecular weight excluding hydrogens is 386 g/mol. The van der Waals surface area contributed by atoms with E-state index in [0.717, 1.165) is 17.0 Å². The van der Waals surface area contributed by atoms with Gasteiger partial charge in [-0.2, -0.15) is 0 Å². The van der Waals surface area contributed by atoms with Gasteiger partial charge in [0.15, 0.2) is 0 Å². The van der Waals surface area contributed by atoms with Gasteiger partial charge in [0.1, 0.15) is 18.4 Å². The number of amides is 1. The number of rotatable bonds is 8. The molecule has 0 aliphatic carbocycles. The lowest BCUT2D eigenvalue weighted by molar-refractivity contribution is -0.143. The Labute approximate surface area is 174 Å². The molecule has 0 saturated heterocycles. The van der Waals surface area contributed by atoms with Crippen LogP contribution in [0.4, 0.5) is 4.79 Å². The quantitative estimate of drug-likeness (QED) is 0.575. The second kappa shape index (κ2) is 10.1. The van der Waals surface area contributed by atoms with E-state index >= 15 is 0 Å². The third-order valence-corrected chi connectivity index (χ3v) is 4.41. The summed E-state index contributed by atoms with van der Waals surface area (Å²) in [5.74, 6) is 0.175. The topological polar surface area (TPSA) is 91.7 Å². The molecule has 0 fully saturated rings. The number of methoxy groups -OCH3 is 2. The first kappa shape index (κ1) is 20.9. The Hall–Kier alpha value is -3.81. The smallest absolute Gasteiger partial charge is 0.408 e. The largest absolute Gasteiger partial charge is 0.497 e. The highest BCUT2D eigenvalue weighted by Crippen LogP contribution is 2.15. The molecule has 156 valence electrons. The molecule has 0 aliphatic rings. The van der Waals surface area contributed by atoms with Gasteiger partial charge >= 0.3 is 12.1 Å². The van der Waals surface area contributed by atoms with Crippen LogP contribution in [0.1, 0.15) is 11.3 Å². The van der Waals surface area contributed by atoms with Crippen molar-refractivity contribution < 1.29 is 23.8 Å². The monoisotopic (exact) mass is 409 g/mol. The zero-order valence-electron chi connectivity index (χ0n) is 16.8. The Kier molecular flexibility index (Phi) is 7.05. The highest BCUT2D eigenvalue weighted by molar-refractivity contribution is 5.81. The minimum atomic E-state index is -0.919. The molecule has 0 saturated carbocycles. The van der Waals surface area contributed by atoms with Gasteiger partial charge in [0.25, 0.3) is 0 Å². The van der Waals surface area contributed by atoms with Crippen LogP contribution < -0.4 is 10.1 Å². The maximum Gasteiger partial charge on any atom is 0.408 e. The van der Waals surface area contributed by atoms with Crippen LogP contribution in [0.25, 0.3) is 5.69 Å². The highest BCUT2D eigenvalue weighted by atomic mass is 16.6. The summed E-state index contributed by atoms with van der Waals surface area (Å²) in [5.41, 5.74) is 2.35. The number of carbonyl (C=O) groups is 2. The Bertz CT molecular complexity index is 970. The predicted molar refractivity (Wildman–Crippen MR) is 109 cm³/mol. The third kappa shape index (κ3) is 5.60. The van der Waals surface area contributed by atoms with E-state index in [9.17, 15) is 9.59 Å². The minimum absolute atomic E-state index is 0.104.